The summed E-state index contributed by atoms with van der Waals surface area (Å²) in [6.07, 6.45) is 1.88. The summed E-state index contributed by atoms with van der Waals surface area (Å²) in [5, 5.41) is 4.98. The monoisotopic (exact) mass is 891 g/mol. The molecule has 6 heteroatoms. The van der Waals surface area contributed by atoms with Crippen LogP contribution in [0.1, 0.15) is 26.4 Å². The van der Waals surface area contributed by atoms with Crippen molar-refractivity contribution in [3.05, 3.63) is 210 Å². The summed E-state index contributed by atoms with van der Waals surface area (Å²) in [5.74, 6) is 0.805. The number of hydrogen-bond acceptors (Lipinski definition) is 3. The number of pyridine rings is 1. The summed E-state index contributed by atoms with van der Waals surface area (Å²) in [7, 11) is 0. The topological polar surface area (TPSA) is 37.1 Å². The fourth-order valence-electron chi connectivity index (χ4n) is 8.65. The number of hydroxylamine groups is 1. The van der Waals surface area contributed by atoms with Crippen molar-refractivity contribution in [1.82, 2.24) is 9.55 Å². The molecule has 9 aromatic rings. The smallest absolute Gasteiger partial charge is 0.145 e. The van der Waals surface area contributed by atoms with Gasteiger partial charge in [0.15, 0.2) is 0 Å². The fourth-order valence-corrected chi connectivity index (χ4v) is 8.65. The molecule has 0 atom stereocenters. The second kappa shape index (κ2) is 12.9. The number of benzene rings is 7. The Bertz CT molecular complexity index is 2990. The Labute approximate surface area is 338 Å². The zero-order chi connectivity index (χ0) is 38.3. The fraction of sp³-hybridized carbons (Fsp3) is 0.0408. The average molecular weight is 892 g/mol. The Kier molecular flexibility index (Phi) is 7.09. The van der Waals surface area contributed by atoms with Crippen LogP contribution in [0.25, 0.3) is 49.9 Å². The predicted molar refractivity (Wildman–Crippen MR) is 218 cm³/mol. The molecule has 3 heterocycles. The van der Waals surface area contributed by atoms with E-state index in [1.54, 1.807) is 11.1 Å². The molecule has 1 N–H and O–H groups in total. The van der Waals surface area contributed by atoms with Crippen LogP contribution in [0.15, 0.2) is 176 Å². The first-order chi connectivity index (χ1) is 27.9. The third-order valence-corrected chi connectivity index (χ3v) is 11.0. The molecule has 0 bridgehead atoms. The zero-order valence-corrected chi connectivity index (χ0v) is 31.6. The largest absolute Gasteiger partial charge is 0.319 e. The van der Waals surface area contributed by atoms with Crippen molar-refractivity contribution in [3.63, 3.8) is 0 Å². The normalized spacial score (nSPS) is 14.8. The van der Waals surface area contributed by atoms with Crippen molar-refractivity contribution in [2.24, 2.45) is 0 Å². The van der Waals surface area contributed by atoms with Crippen LogP contribution in [0, 0.1) is 12.1 Å². The van der Waals surface area contributed by atoms with E-state index in [-0.39, 0.29) is 21.1 Å². The molecular weight excluding hydrogens is 856 g/mol. The molecule has 5 nitrogen and oxygen atoms in total. The number of anilines is 3. The van der Waals surface area contributed by atoms with Gasteiger partial charge in [0.1, 0.15) is 17.2 Å². The second-order valence-electron chi connectivity index (χ2n) is 13.7. The van der Waals surface area contributed by atoms with E-state index in [9.17, 15) is 0 Å². The second-order valence-corrected chi connectivity index (χ2v) is 13.7. The van der Waals surface area contributed by atoms with Crippen LogP contribution in [-0.2, 0) is 26.5 Å². The molecule has 266 valence electrons. The Balaban J connectivity index is 0.00000408. The zero-order valence-electron chi connectivity index (χ0n) is 32.3. The number of fused-ring (bicyclic) bond motifs is 7. The van der Waals surface area contributed by atoms with Crippen molar-refractivity contribution in [1.29, 1.82) is 0 Å². The van der Waals surface area contributed by atoms with E-state index in [2.05, 4.69) is 149 Å². The number of hydrogen-bond donors (Lipinski definition) is 0. The molecule has 0 spiro atoms. The van der Waals surface area contributed by atoms with E-state index in [4.69, 9.17) is 9.10 Å². The molecular formula is C49H33N4OPt-. The van der Waals surface area contributed by atoms with Crippen LogP contribution < -0.4 is 10.1 Å². The molecule has 1 aliphatic carbocycles. The summed E-state index contributed by atoms with van der Waals surface area (Å²) >= 11 is 0. The summed E-state index contributed by atoms with van der Waals surface area (Å²) in [6.45, 7) is -2.47. The molecule has 0 unspecified atom stereocenters. The van der Waals surface area contributed by atoms with Crippen LogP contribution in [-0.4, -0.2) is 21.5 Å². The molecule has 0 fully saturated rings. The number of nitrogens with zero attached hydrogens (tertiary/aromatic N) is 4. The van der Waals surface area contributed by atoms with Crippen molar-refractivity contribution < 1.29 is 30.1 Å². The average Bonchev–Trinajstić information content (AvgIpc) is 3.91. The minimum atomic E-state index is -2.47. The van der Waals surface area contributed by atoms with Crippen LogP contribution in [0.2, 0.25) is 0 Å². The van der Waals surface area contributed by atoms with Crippen molar-refractivity contribution >= 4 is 38.9 Å². The molecule has 11 rings (SSSR count). The first-order valence-corrected chi connectivity index (χ1v) is 18.0. The summed E-state index contributed by atoms with van der Waals surface area (Å²) < 4.78 is 27.0. The molecule has 0 radical (unpaired) electrons. The van der Waals surface area contributed by atoms with E-state index >= 15 is 0 Å². The van der Waals surface area contributed by atoms with Gasteiger partial charge in [-0.15, -0.1) is 38.8 Å². The van der Waals surface area contributed by atoms with Gasteiger partial charge in [0.05, 0.1) is 11.1 Å². The van der Waals surface area contributed by atoms with E-state index in [1.807, 2.05) is 42.6 Å². The van der Waals surface area contributed by atoms with Gasteiger partial charge in [-0.25, -0.2) is 4.98 Å². The molecule has 1 aliphatic heterocycles. The van der Waals surface area contributed by atoms with Gasteiger partial charge >= 0.3 is 0 Å². The summed E-state index contributed by atoms with van der Waals surface area (Å²) in [5.41, 5.74) is 11.5. The van der Waals surface area contributed by atoms with Gasteiger partial charge in [0.2, 0.25) is 0 Å². The molecule has 0 saturated carbocycles. The van der Waals surface area contributed by atoms with E-state index in [1.165, 1.54) is 0 Å². The first-order valence-electron chi connectivity index (χ1n) is 19.5. The minimum absolute atomic E-state index is 0. The van der Waals surface area contributed by atoms with Gasteiger partial charge in [-0.3, -0.25) is 0 Å². The standard InChI is InChI=1S/C49H32N4O.Pt/c1-51-45-24-11-12-25-46(45)53(54-51)37-17-13-16-35(31-37)49(42-21-8-5-18-38(42)39-19-6-9-22-43(39)49)36-26-27-41-40-20-7-10-23-44(40)52(47(41)32-36)48-30-34(28-29-50-48)33-14-3-2-4-15-33;/h2-30H,1H3;/q-2;/p+1/i1D3;. The molecule has 0 saturated heterocycles. The van der Waals surface area contributed by atoms with E-state index < -0.39 is 12.4 Å². The number of para-hydroxylation sites is 3. The van der Waals surface area contributed by atoms with Crippen molar-refractivity contribution in [3.8, 4) is 28.1 Å². The van der Waals surface area contributed by atoms with Crippen LogP contribution in [0.5, 0.6) is 0 Å². The van der Waals surface area contributed by atoms with Crippen LogP contribution in [0.3, 0.4) is 0 Å². The van der Waals surface area contributed by atoms with E-state index in [0.717, 1.165) is 77.2 Å². The Morgan fingerprint density at radius 1 is 0.600 bits per heavy atom. The van der Waals surface area contributed by atoms with Crippen molar-refractivity contribution in [2.75, 3.05) is 17.1 Å². The molecule has 2 aromatic heterocycles. The number of aromatic nitrogens is 2. The Morgan fingerprint density at radius 3 is 2.09 bits per heavy atom. The van der Waals surface area contributed by atoms with Gasteiger partial charge < -0.3 is 4.57 Å². The number of rotatable bonds is 5. The summed E-state index contributed by atoms with van der Waals surface area (Å²) in [4.78, 5) is 9.60. The predicted octanol–water partition coefficient (Wildman–Crippen LogP) is 11.2. The van der Waals surface area contributed by atoms with Gasteiger partial charge in [-0.1, -0.05) is 115 Å². The molecule has 0 amide bonds. The quantitative estimate of drug-likeness (QED) is 0.128. The Morgan fingerprint density at radius 2 is 1.29 bits per heavy atom. The van der Waals surface area contributed by atoms with Gasteiger partial charge in [0.25, 0.3) is 0 Å². The minimum Gasteiger partial charge on any atom is -0.319 e. The van der Waals surface area contributed by atoms with Crippen LogP contribution in [0.4, 0.5) is 17.1 Å². The van der Waals surface area contributed by atoms with Crippen molar-refractivity contribution in [2.45, 2.75) is 5.41 Å². The van der Waals surface area contributed by atoms with Gasteiger partial charge in [-0.2, -0.15) is 35.3 Å². The van der Waals surface area contributed by atoms with Gasteiger partial charge in [-0.05, 0) is 69.1 Å². The third kappa shape index (κ3) is 4.90. The SMILES string of the molecule is [2H]C([2H])([2H])N1[OH+]N(c2[c-]c(C3(c4[c-]c5c(cc4)c4ccccc4n5-c4cc(-c5ccccc5)ccn4)c4ccccc4-c4ccccc43)ccc2)c2ccccc21.[Pt]. The maximum Gasteiger partial charge on any atom is 0.145 e. The summed E-state index contributed by atoms with van der Waals surface area (Å²) in [6, 6.07) is 65.9. The molecule has 7 aromatic carbocycles. The third-order valence-electron chi connectivity index (χ3n) is 11.0. The first kappa shape index (κ1) is 30.1. The Hall–Kier alpha value is -6.26. The van der Waals surface area contributed by atoms with Crippen LogP contribution >= 0.6 is 0 Å². The maximum atomic E-state index is 8.26. The van der Waals surface area contributed by atoms with Gasteiger partial charge in [0, 0.05) is 43.9 Å². The van der Waals surface area contributed by atoms with E-state index in [0.29, 0.717) is 17.1 Å². The molecule has 55 heavy (non-hydrogen) atoms. The maximum absolute atomic E-state index is 8.26. The molecule has 2 aliphatic rings.